The highest BCUT2D eigenvalue weighted by Crippen LogP contribution is 2.17. The van der Waals surface area contributed by atoms with E-state index in [-0.39, 0.29) is 22.5 Å². The van der Waals surface area contributed by atoms with Crippen molar-refractivity contribution in [2.24, 2.45) is 5.92 Å². The number of hydrogen-bond donors (Lipinski definition) is 2. The van der Waals surface area contributed by atoms with Gasteiger partial charge in [0.2, 0.25) is 5.91 Å². The monoisotopic (exact) mass is 245 g/mol. The second kappa shape index (κ2) is 6.28. The minimum atomic E-state index is -0.358. The Hall–Kier alpha value is -0.510. The first kappa shape index (κ1) is 15.5. The minimum Gasteiger partial charge on any atom is -0.346 e. The van der Waals surface area contributed by atoms with Gasteiger partial charge in [-0.15, -0.1) is 0 Å². The SMILES string of the molecule is CC(=O)C(CC(C)C)NC(=O)CC(C)(C)S. The number of carbonyl (C=O) groups excluding carboxylic acids is 2. The van der Waals surface area contributed by atoms with Gasteiger partial charge in [-0.2, -0.15) is 12.6 Å². The number of rotatable bonds is 6. The van der Waals surface area contributed by atoms with Gasteiger partial charge in [-0.05, 0) is 19.3 Å². The quantitative estimate of drug-likeness (QED) is 0.705. The van der Waals surface area contributed by atoms with E-state index in [1.54, 1.807) is 0 Å². The molecular formula is C12H23NO2S. The molecule has 0 aliphatic carbocycles. The second-order valence-electron chi connectivity index (χ2n) is 5.35. The normalized spacial score (nSPS) is 13.7. The zero-order valence-electron chi connectivity index (χ0n) is 10.8. The standard InChI is InChI=1S/C12H23NO2S/c1-8(2)6-10(9(3)14)13-11(15)7-12(4,5)16/h8,10,16H,6-7H2,1-5H3,(H,13,15). The van der Waals surface area contributed by atoms with Crippen LogP contribution in [0, 0.1) is 5.92 Å². The Kier molecular flexibility index (Phi) is 6.08. The maximum Gasteiger partial charge on any atom is 0.221 e. The van der Waals surface area contributed by atoms with Gasteiger partial charge in [0.15, 0.2) is 5.78 Å². The van der Waals surface area contributed by atoms with E-state index < -0.39 is 0 Å². The van der Waals surface area contributed by atoms with Crippen LogP contribution in [-0.2, 0) is 9.59 Å². The maximum atomic E-state index is 11.6. The average molecular weight is 245 g/mol. The molecule has 0 heterocycles. The summed E-state index contributed by atoms with van der Waals surface area (Å²) in [5.74, 6) is 0.290. The number of nitrogens with one attached hydrogen (secondary N) is 1. The highest BCUT2D eigenvalue weighted by molar-refractivity contribution is 7.81. The third kappa shape index (κ3) is 7.74. The number of carbonyl (C=O) groups is 2. The molecule has 16 heavy (non-hydrogen) atoms. The number of ketones is 1. The molecule has 0 rings (SSSR count). The minimum absolute atomic E-state index is 0.0130. The molecule has 0 aliphatic heterocycles. The van der Waals surface area contributed by atoms with Crippen molar-refractivity contribution in [1.82, 2.24) is 5.32 Å². The second-order valence-corrected chi connectivity index (χ2v) is 6.56. The maximum absolute atomic E-state index is 11.6. The van der Waals surface area contributed by atoms with Crippen molar-refractivity contribution < 1.29 is 9.59 Å². The molecule has 0 aromatic heterocycles. The molecule has 4 heteroatoms. The largest absolute Gasteiger partial charge is 0.346 e. The number of thiol groups is 1. The fraction of sp³-hybridized carbons (Fsp3) is 0.833. The molecule has 0 saturated carbocycles. The highest BCUT2D eigenvalue weighted by Gasteiger charge is 2.22. The van der Waals surface area contributed by atoms with Crippen molar-refractivity contribution in [2.75, 3.05) is 0 Å². The van der Waals surface area contributed by atoms with Crippen molar-refractivity contribution in [2.45, 2.75) is 58.2 Å². The van der Waals surface area contributed by atoms with Crippen molar-refractivity contribution >= 4 is 24.3 Å². The Labute approximate surface area is 104 Å². The Morgan fingerprint density at radius 1 is 1.31 bits per heavy atom. The first-order chi connectivity index (χ1) is 7.11. The summed E-state index contributed by atoms with van der Waals surface area (Å²) in [6.45, 7) is 9.33. The third-order valence-electron chi connectivity index (χ3n) is 2.13. The van der Waals surface area contributed by atoms with Gasteiger partial charge in [-0.1, -0.05) is 27.7 Å². The van der Waals surface area contributed by atoms with Gasteiger partial charge >= 0.3 is 0 Å². The van der Waals surface area contributed by atoms with E-state index in [4.69, 9.17) is 0 Å². The topological polar surface area (TPSA) is 46.2 Å². The average Bonchev–Trinajstić information content (AvgIpc) is 1.97. The summed E-state index contributed by atoms with van der Waals surface area (Å²) in [5, 5.41) is 2.77. The molecule has 3 nitrogen and oxygen atoms in total. The Morgan fingerprint density at radius 3 is 2.12 bits per heavy atom. The zero-order chi connectivity index (χ0) is 12.9. The molecule has 1 amide bonds. The van der Waals surface area contributed by atoms with E-state index in [0.29, 0.717) is 18.8 Å². The van der Waals surface area contributed by atoms with Gasteiger partial charge in [-0.3, -0.25) is 9.59 Å². The smallest absolute Gasteiger partial charge is 0.221 e. The van der Waals surface area contributed by atoms with Gasteiger partial charge in [0.25, 0.3) is 0 Å². The van der Waals surface area contributed by atoms with Crippen molar-refractivity contribution in [3.63, 3.8) is 0 Å². The van der Waals surface area contributed by atoms with Crippen LogP contribution in [0.25, 0.3) is 0 Å². The van der Waals surface area contributed by atoms with Crippen LogP contribution in [0.15, 0.2) is 0 Å². The summed E-state index contributed by atoms with van der Waals surface area (Å²) in [7, 11) is 0. The Balaban J connectivity index is 4.30. The molecule has 0 radical (unpaired) electrons. The van der Waals surface area contributed by atoms with Gasteiger partial charge in [0.05, 0.1) is 6.04 Å². The number of Topliss-reactive ketones (excluding diaryl/α,β-unsaturated/α-hetero) is 1. The van der Waals surface area contributed by atoms with Crippen molar-refractivity contribution in [3.05, 3.63) is 0 Å². The van der Waals surface area contributed by atoms with Gasteiger partial charge < -0.3 is 5.32 Å². The summed E-state index contributed by atoms with van der Waals surface area (Å²) in [6.07, 6.45) is 1.01. The van der Waals surface area contributed by atoms with Crippen LogP contribution in [0.3, 0.4) is 0 Å². The first-order valence-electron chi connectivity index (χ1n) is 5.64. The van der Waals surface area contributed by atoms with E-state index >= 15 is 0 Å². The van der Waals surface area contributed by atoms with Crippen LogP contribution in [0.1, 0.15) is 47.5 Å². The van der Waals surface area contributed by atoms with Crippen molar-refractivity contribution in [3.8, 4) is 0 Å². The van der Waals surface area contributed by atoms with Crippen molar-refractivity contribution in [1.29, 1.82) is 0 Å². The first-order valence-corrected chi connectivity index (χ1v) is 6.08. The number of hydrogen-bond acceptors (Lipinski definition) is 3. The van der Waals surface area contributed by atoms with E-state index in [1.165, 1.54) is 6.92 Å². The fourth-order valence-electron chi connectivity index (χ4n) is 1.44. The highest BCUT2D eigenvalue weighted by atomic mass is 32.1. The summed E-state index contributed by atoms with van der Waals surface area (Å²) in [6, 6.07) is -0.358. The molecule has 0 aromatic carbocycles. The molecule has 1 atom stereocenters. The van der Waals surface area contributed by atoms with Crippen LogP contribution in [-0.4, -0.2) is 22.5 Å². The molecule has 0 fully saturated rings. The lowest BCUT2D eigenvalue weighted by Crippen LogP contribution is -2.42. The van der Waals surface area contributed by atoms with E-state index in [0.717, 1.165) is 0 Å². The van der Waals surface area contributed by atoms with Crippen LogP contribution in [0.4, 0.5) is 0 Å². The fourth-order valence-corrected chi connectivity index (χ4v) is 1.58. The summed E-state index contributed by atoms with van der Waals surface area (Å²) in [5.41, 5.74) is 0. The summed E-state index contributed by atoms with van der Waals surface area (Å²) in [4.78, 5) is 23.0. The van der Waals surface area contributed by atoms with E-state index in [9.17, 15) is 9.59 Å². The Morgan fingerprint density at radius 2 is 1.81 bits per heavy atom. The van der Waals surface area contributed by atoms with Crippen LogP contribution >= 0.6 is 12.6 Å². The lowest BCUT2D eigenvalue weighted by atomic mass is 10.00. The molecule has 94 valence electrons. The van der Waals surface area contributed by atoms with Gasteiger partial charge in [-0.25, -0.2) is 0 Å². The van der Waals surface area contributed by atoms with Crippen LogP contribution in [0.5, 0.6) is 0 Å². The van der Waals surface area contributed by atoms with Gasteiger partial charge in [0, 0.05) is 11.2 Å². The molecule has 1 N–H and O–H groups in total. The lowest BCUT2D eigenvalue weighted by Gasteiger charge is -2.21. The summed E-state index contributed by atoms with van der Waals surface area (Å²) >= 11 is 4.29. The van der Waals surface area contributed by atoms with Crippen LogP contribution < -0.4 is 5.32 Å². The van der Waals surface area contributed by atoms with Crippen LogP contribution in [0.2, 0.25) is 0 Å². The lowest BCUT2D eigenvalue weighted by molar-refractivity contribution is -0.127. The molecule has 0 bridgehead atoms. The summed E-state index contributed by atoms with van der Waals surface area (Å²) < 4.78 is -0.344. The molecular weight excluding hydrogens is 222 g/mol. The predicted molar refractivity (Wildman–Crippen MR) is 69.7 cm³/mol. The molecule has 0 saturated heterocycles. The third-order valence-corrected chi connectivity index (χ3v) is 2.28. The molecule has 1 unspecified atom stereocenters. The predicted octanol–water partition coefficient (Wildman–Crippen LogP) is 2.20. The molecule has 0 aromatic rings. The Bertz CT molecular complexity index is 256. The van der Waals surface area contributed by atoms with E-state index in [2.05, 4.69) is 17.9 Å². The molecule has 0 aliphatic rings. The number of amides is 1. The van der Waals surface area contributed by atoms with Gasteiger partial charge in [0.1, 0.15) is 0 Å². The molecule has 0 spiro atoms. The van der Waals surface area contributed by atoms with E-state index in [1.807, 2.05) is 27.7 Å². The zero-order valence-corrected chi connectivity index (χ0v) is 11.7.